The molecule has 2 aromatic rings. The van der Waals surface area contributed by atoms with E-state index in [-0.39, 0.29) is 16.9 Å². The van der Waals surface area contributed by atoms with Crippen molar-refractivity contribution in [1.82, 2.24) is 0 Å². The molecular weight excluding hydrogens is 417 g/mol. The monoisotopic (exact) mass is 432 g/mol. The number of carbonyl (C=O) groups excluding carboxylic acids is 1. The van der Waals surface area contributed by atoms with Crippen molar-refractivity contribution >= 4 is 33.2 Å². The highest BCUT2D eigenvalue weighted by Gasteiger charge is 2.27. The van der Waals surface area contributed by atoms with Crippen LogP contribution in [0, 0.1) is 0 Å². The van der Waals surface area contributed by atoms with Gasteiger partial charge in [-0.1, -0.05) is 12.1 Å². The lowest BCUT2D eigenvalue weighted by atomic mass is 10.1. The first-order chi connectivity index (χ1) is 12.2. The third-order valence-corrected chi connectivity index (χ3v) is 4.14. The minimum absolute atomic E-state index is 0.161. The second-order valence-electron chi connectivity index (χ2n) is 5.16. The van der Waals surface area contributed by atoms with Gasteiger partial charge in [-0.3, -0.25) is 4.79 Å². The molecule has 0 aliphatic rings. The summed E-state index contributed by atoms with van der Waals surface area (Å²) in [5.41, 5.74) is 0.615. The van der Waals surface area contributed by atoms with Crippen LogP contribution in [-0.4, -0.2) is 32.8 Å². The van der Waals surface area contributed by atoms with Gasteiger partial charge in [0.05, 0.1) is 25.6 Å². The molecule has 9 heteroatoms. The minimum Gasteiger partial charge on any atom is -0.495 e. The Morgan fingerprint density at radius 3 is 2.12 bits per heavy atom. The summed E-state index contributed by atoms with van der Waals surface area (Å²) in [6.45, 7) is -1.21. The zero-order chi connectivity index (χ0) is 19.3. The summed E-state index contributed by atoms with van der Waals surface area (Å²) in [5.74, 6) is 0.256. The maximum absolute atomic E-state index is 12.5. The highest BCUT2D eigenvalue weighted by Crippen LogP contribution is 2.36. The van der Waals surface area contributed by atoms with Gasteiger partial charge in [0.25, 0.3) is 5.91 Å². The van der Waals surface area contributed by atoms with Crippen LogP contribution >= 0.6 is 15.9 Å². The largest absolute Gasteiger partial charge is 0.495 e. The maximum Gasteiger partial charge on any atom is 0.405 e. The zero-order valence-electron chi connectivity index (χ0n) is 13.9. The zero-order valence-corrected chi connectivity index (χ0v) is 15.5. The van der Waals surface area contributed by atoms with Gasteiger partial charge in [0, 0.05) is 5.56 Å². The Bertz CT molecular complexity index is 772. The van der Waals surface area contributed by atoms with E-state index < -0.39 is 18.6 Å². The summed E-state index contributed by atoms with van der Waals surface area (Å²) in [7, 11) is 2.88. The first-order valence-electron chi connectivity index (χ1n) is 7.37. The topological polar surface area (TPSA) is 59.6 Å². The Morgan fingerprint density at radius 1 is 1.08 bits per heavy atom. The van der Waals surface area contributed by atoms with Crippen LogP contribution in [0.25, 0.3) is 0 Å². The summed E-state index contributed by atoms with van der Waals surface area (Å²) >= 11 is 3.30. The van der Waals surface area contributed by atoms with Crippen LogP contribution in [0.5, 0.6) is 11.5 Å². The molecule has 0 aliphatic carbocycles. The summed E-state index contributed by atoms with van der Waals surface area (Å²) < 4.78 is 48.2. The lowest BCUT2D eigenvalue weighted by Crippen LogP contribution is -2.22. The smallest absolute Gasteiger partial charge is 0.405 e. The van der Waals surface area contributed by atoms with Crippen LogP contribution in [-0.2, 0) is 0 Å². The third kappa shape index (κ3) is 5.04. The van der Waals surface area contributed by atoms with Gasteiger partial charge >= 0.3 is 6.18 Å². The molecule has 140 valence electrons. The van der Waals surface area contributed by atoms with Crippen LogP contribution in [0.1, 0.15) is 10.4 Å². The molecule has 26 heavy (non-hydrogen) atoms. The number of rotatable bonds is 6. The Balaban J connectivity index is 2.25. The molecule has 0 bridgehead atoms. The lowest BCUT2D eigenvalue weighted by molar-refractivity contribution is -0.115. The van der Waals surface area contributed by atoms with E-state index >= 15 is 0 Å². The highest BCUT2D eigenvalue weighted by atomic mass is 79.9. The fourth-order valence-electron chi connectivity index (χ4n) is 2.14. The molecule has 0 atom stereocenters. The summed E-state index contributed by atoms with van der Waals surface area (Å²) in [6.07, 6.45) is -4.37. The number of anilines is 2. The molecule has 0 saturated heterocycles. The van der Waals surface area contributed by atoms with E-state index in [1.165, 1.54) is 38.5 Å². The summed E-state index contributed by atoms with van der Waals surface area (Å²) in [6, 6.07) is 9.12. The number of carbonyl (C=O) groups is 1. The summed E-state index contributed by atoms with van der Waals surface area (Å²) in [4.78, 5) is 12.5. The molecule has 0 saturated carbocycles. The molecule has 0 radical (unpaired) electrons. The number of amides is 1. The predicted octanol–water partition coefficient (Wildman–Crippen LogP) is 4.69. The average Bonchev–Trinajstić information content (AvgIpc) is 2.60. The van der Waals surface area contributed by atoms with Crippen LogP contribution in [0.3, 0.4) is 0 Å². The van der Waals surface area contributed by atoms with Gasteiger partial charge in [0.2, 0.25) is 0 Å². The molecular formula is C17H16BrF3N2O3. The van der Waals surface area contributed by atoms with E-state index in [0.717, 1.165) is 0 Å². The maximum atomic E-state index is 12.5. The normalized spacial score (nSPS) is 11.0. The van der Waals surface area contributed by atoms with E-state index in [1.807, 2.05) is 0 Å². The van der Waals surface area contributed by atoms with Crippen molar-refractivity contribution in [3.63, 3.8) is 0 Å². The number of alkyl halides is 3. The van der Waals surface area contributed by atoms with Gasteiger partial charge in [0.1, 0.15) is 22.5 Å². The van der Waals surface area contributed by atoms with Crippen molar-refractivity contribution in [1.29, 1.82) is 0 Å². The lowest BCUT2D eigenvalue weighted by Gasteiger charge is -2.15. The standard InChI is InChI=1S/C17H16BrF3N2O3/c1-25-13-7-10(8-14(26-2)15(13)18)16(24)23-12-6-4-3-5-11(12)22-9-17(19,20)21/h3-8,22H,9H2,1-2H3,(H,23,24). The highest BCUT2D eigenvalue weighted by molar-refractivity contribution is 9.10. The average molecular weight is 433 g/mol. The number of hydrogen-bond acceptors (Lipinski definition) is 4. The fraction of sp³-hybridized carbons (Fsp3) is 0.235. The number of nitrogens with one attached hydrogen (secondary N) is 2. The first kappa shape index (κ1) is 19.9. The Hall–Kier alpha value is -2.42. The molecule has 2 N–H and O–H groups in total. The van der Waals surface area contributed by atoms with Gasteiger partial charge in [-0.25, -0.2) is 0 Å². The van der Waals surface area contributed by atoms with Gasteiger partial charge in [-0.2, -0.15) is 13.2 Å². The van der Waals surface area contributed by atoms with Crippen molar-refractivity contribution in [3.05, 3.63) is 46.4 Å². The number of benzene rings is 2. The van der Waals surface area contributed by atoms with Crippen molar-refractivity contribution < 1.29 is 27.4 Å². The molecule has 2 aromatic carbocycles. The number of methoxy groups -OCH3 is 2. The molecule has 0 heterocycles. The van der Waals surface area contributed by atoms with E-state index in [0.29, 0.717) is 16.0 Å². The number of hydrogen-bond donors (Lipinski definition) is 2. The molecule has 0 fully saturated rings. The Kier molecular flexibility index (Phi) is 6.36. The van der Waals surface area contributed by atoms with Crippen LogP contribution in [0.2, 0.25) is 0 Å². The van der Waals surface area contributed by atoms with Crippen LogP contribution < -0.4 is 20.1 Å². The van der Waals surface area contributed by atoms with Gasteiger partial charge in [-0.15, -0.1) is 0 Å². The number of ether oxygens (including phenoxy) is 2. The van der Waals surface area contributed by atoms with Gasteiger partial charge < -0.3 is 20.1 Å². The Labute approximate surface area is 156 Å². The SMILES string of the molecule is COc1cc(C(=O)Nc2ccccc2NCC(F)(F)F)cc(OC)c1Br. The third-order valence-electron chi connectivity index (χ3n) is 3.36. The fourth-order valence-corrected chi connectivity index (χ4v) is 2.69. The van der Waals surface area contributed by atoms with Crippen molar-refractivity contribution in [3.8, 4) is 11.5 Å². The van der Waals surface area contributed by atoms with Gasteiger partial charge in [-0.05, 0) is 40.2 Å². The molecule has 1 amide bonds. The van der Waals surface area contributed by atoms with Crippen molar-refractivity contribution in [2.75, 3.05) is 31.4 Å². The Morgan fingerprint density at radius 2 is 1.62 bits per heavy atom. The molecule has 0 aromatic heterocycles. The van der Waals surface area contributed by atoms with Crippen LogP contribution in [0.4, 0.5) is 24.5 Å². The summed E-state index contributed by atoms with van der Waals surface area (Å²) in [5, 5.41) is 4.86. The first-order valence-corrected chi connectivity index (χ1v) is 8.17. The molecule has 0 unspecified atom stereocenters. The van der Waals surface area contributed by atoms with Crippen molar-refractivity contribution in [2.45, 2.75) is 6.18 Å². The van der Waals surface area contributed by atoms with E-state index in [4.69, 9.17) is 9.47 Å². The second-order valence-corrected chi connectivity index (χ2v) is 5.96. The van der Waals surface area contributed by atoms with E-state index in [1.54, 1.807) is 12.1 Å². The number of para-hydroxylation sites is 2. The van der Waals surface area contributed by atoms with Crippen molar-refractivity contribution in [2.24, 2.45) is 0 Å². The van der Waals surface area contributed by atoms with E-state index in [2.05, 4.69) is 26.6 Å². The van der Waals surface area contributed by atoms with Gasteiger partial charge in [0.15, 0.2) is 0 Å². The van der Waals surface area contributed by atoms with E-state index in [9.17, 15) is 18.0 Å². The second kappa shape index (κ2) is 8.31. The minimum atomic E-state index is -4.37. The molecule has 2 rings (SSSR count). The van der Waals surface area contributed by atoms with Crippen LogP contribution in [0.15, 0.2) is 40.9 Å². The molecule has 0 spiro atoms. The molecule has 5 nitrogen and oxygen atoms in total. The predicted molar refractivity (Wildman–Crippen MR) is 96.2 cm³/mol. The molecule has 0 aliphatic heterocycles. The quantitative estimate of drug-likeness (QED) is 0.694. The number of halogens is 4.